The fourth-order valence-electron chi connectivity index (χ4n) is 4.52. The first-order chi connectivity index (χ1) is 15.3. The van der Waals surface area contributed by atoms with E-state index in [4.69, 9.17) is 4.74 Å². The molecule has 178 valence electrons. The third-order valence-corrected chi connectivity index (χ3v) is 8.55. The van der Waals surface area contributed by atoms with Gasteiger partial charge >= 0.3 is 0 Å². The van der Waals surface area contributed by atoms with Crippen LogP contribution < -0.4 is 5.32 Å². The molecule has 3 rings (SSSR count). The van der Waals surface area contributed by atoms with Crippen LogP contribution >= 0.6 is 0 Å². The van der Waals surface area contributed by atoms with Crippen molar-refractivity contribution in [2.24, 2.45) is 5.92 Å². The van der Waals surface area contributed by atoms with E-state index in [1.54, 1.807) is 31.2 Å². The first-order valence-corrected chi connectivity index (χ1v) is 12.9. The number of likely N-dealkylation sites (tertiary alicyclic amines) is 1. The molecule has 0 bridgehead atoms. The van der Waals surface area contributed by atoms with Crippen LogP contribution in [0, 0.1) is 5.92 Å². The number of benzene rings is 1. The molecule has 32 heavy (non-hydrogen) atoms. The molecule has 1 heterocycles. The van der Waals surface area contributed by atoms with Crippen LogP contribution in [0.1, 0.15) is 55.3 Å². The SMILES string of the molecule is COCCNC(=O)C1CCN(C(=O)c2ccc(S(=O)(=O)N(C)C3CCCCC3)cc2)CC1. The lowest BCUT2D eigenvalue weighted by Crippen LogP contribution is -2.43. The zero-order valence-corrected chi connectivity index (χ0v) is 19.9. The van der Waals surface area contributed by atoms with Gasteiger partial charge in [0, 0.05) is 51.3 Å². The van der Waals surface area contributed by atoms with Gasteiger partial charge in [0.05, 0.1) is 11.5 Å². The maximum atomic E-state index is 13.0. The van der Waals surface area contributed by atoms with Crippen molar-refractivity contribution < 1.29 is 22.7 Å². The van der Waals surface area contributed by atoms with E-state index in [1.165, 1.54) is 16.4 Å². The average molecular weight is 466 g/mol. The van der Waals surface area contributed by atoms with Gasteiger partial charge in [0.2, 0.25) is 15.9 Å². The van der Waals surface area contributed by atoms with Crippen LogP contribution in [-0.4, -0.2) is 75.9 Å². The van der Waals surface area contributed by atoms with Gasteiger partial charge in [0.15, 0.2) is 0 Å². The number of hydrogen-bond acceptors (Lipinski definition) is 5. The molecule has 1 saturated heterocycles. The molecule has 0 unspecified atom stereocenters. The molecule has 8 nitrogen and oxygen atoms in total. The van der Waals surface area contributed by atoms with Gasteiger partial charge in [-0.3, -0.25) is 9.59 Å². The highest BCUT2D eigenvalue weighted by Gasteiger charge is 2.30. The Labute approximate surface area is 191 Å². The Hall–Kier alpha value is -1.97. The van der Waals surface area contributed by atoms with Gasteiger partial charge < -0.3 is 15.0 Å². The van der Waals surface area contributed by atoms with Gasteiger partial charge in [0.1, 0.15) is 0 Å². The van der Waals surface area contributed by atoms with Crippen LogP contribution in [0.15, 0.2) is 29.2 Å². The van der Waals surface area contributed by atoms with Crippen molar-refractivity contribution in [2.45, 2.75) is 55.9 Å². The van der Waals surface area contributed by atoms with Crippen molar-refractivity contribution in [2.75, 3.05) is 40.4 Å². The lowest BCUT2D eigenvalue weighted by molar-refractivity contribution is -0.126. The molecule has 1 aromatic rings. The normalized spacial score (nSPS) is 18.7. The van der Waals surface area contributed by atoms with E-state index in [0.717, 1.165) is 32.1 Å². The molecule has 0 spiro atoms. The molecule has 0 aromatic heterocycles. The van der Waals surface area contributed by atoms with Crippen LogP contribution in [0.5, 0.6) is 0 Å². The van der Waals surface area contributed by atoms with Gasteiger partial charge in [-0.05, 0) is 49.9 Å². The topological polar surface area (TPSA) is 96.0 Å². The molecule has 1 saturated carbocycles. The molecule has 2 amide bonds. The molecule has 9 heteroatoms. The van der Waals surface area contributed by atoms with E-state index in [-0.39, 0.29) is 28.7 Å². The molecule has 2 aliphatic rings. The first-order valence-electron chi connectivity index (χ1n) is 11.5. The van der Waals surface area contributed by atoms with E-state index >= 15 is 0 Å². The second kappa shape index (κ2) is 11.2. The summed E-state index contributed by atoms with van der Waals surface area (Å²) >= 11 is 0. The minimum absolute atomic E-state index is 0.00536. The van der Waals surface area contributed by atoms with E-state index < -0.39 is 10.0 Å². The largest absolute Gasteiger partial charge is 0.383 e. The van der Waals surface area contributed by atoms with Gasteiger partial charge in [-0.15, -0.1) is 0 Å². The lowest BCUT2D eigenvalue weighted by atomic mass is 9.95. The summed E-state index contributed by atoms with van der Waals surface area (Å²) in [6, 6.07) is 6.28. The molecule has 1 aromatic carbocycles. The number of amides is 2. The standard InChI is InChI=1S/C23H35N3O5S/c1-25(20-6-4-3-5-7-20)32(29,30)21-10-8-19(9-11-21)23(28)26-15-12-18(13-16-26)22(27)24-14-17-31-2/h8-11,18,20H,3-7,12-17H2,1-2H3,(H,24,27). The third kappa shape index (κ3) is 5.88. The summed E-state index contributed by atoms with van der Waals surface area (Å²) in [5.74, 6) is -0.225. The number of ether oxygens (including phenoxy) is 1. The predicted molar refractivity (Wildman–Crippen MR) is 122 cm³/mol. The summed E-state index contributed by atoms with van der Waals surface area (Å²) in [6.07, 6.45) is 6.30. The second-order valence-corrected chi connectivity index (χ2v) is 10.7. The van der Waals surface area contributed by atoms with Crippen LogP contribution in [0.2, 0.25) is 0 Å². The number of sulfonamides is 1. The van der Waals surface area contributed by atoms with Gasteiger partial charge in [-0.2, -0.15) is 4.31 Å². The molecule has 1 aliphatic heterocycles. The zero-order valence-electron chi connectivity index (χ0n) is 19.1. The number of nitrogens with zero attached hydrogens (tertiary/aromatic N) is 2. The van der Waals surface area contributed by atoms with Crippen molar-refractivity contribution >= 4 is 21.8 Å². The van der Waals surface area contributed by atoms with Crippen molar-refractivity contribution in [1.29, 1.82) is 0 Å². The number of piperidine rings is 1. The van der Waals surface area contributed by atoms with E-state index in [1.807, 2.05) is 0 Å². The molecule has 1 N–H and O–H groups in total. The van der Waals surface area contributed by atoms with Gasteiger partial charge in [0.25, 0.3) is 5.91 Å². The fraction of sp³-hybridized carbons (Fsp3) is 0.652. The lowest BCUT2D eigenvalue weighted by Gasteiger charge is -2.31. The monoisotopic (exact) mass is 465 g/mol. The zero-order chi connectivity index (χ0) is 23.1. The Morgan fingerprint density at radius 3 is 2.28 bits per heavy atom. The maximum absolute atomic E-state index is 13.0. The van der Waals surface area contributed by atoms with Crippen molar-refractivity contribution in [1.82, 2.24) is 14.5 Å². The molecule has 0 radical (unpaired) electrons. The van der Waals surface area contributed by atoms with Crippen LogP contribution in [0.25, 0.3) is 0 Å². The Morgan fingerprint density at radius 1 is 1.06 bits per heavy atom. The summed E-state index contributed by atoms with van der Waals surface area (Å²) in [5.41, 5.74) is 0.465. The minimum atomic E-state index is -3.58. The molecule has 0 atom stereocenters. The Bertz CT molecular complexity index is 873. The van der Waals surface area contributed by atoms with Gasteiger partial charge in [-0.25, -0.2) is 8.42 Å². The maximum Gasteiger partial charge on any atom is 0.253 e. The summed E-state index contributed by atoms with van der Waals surface area (Å²) < 4.78 is 32.4. The highest BCUT2D eigenvalue weighted by Crippen LogP contribution is 2.27. The quantitative estimate of drug-likeness (QED) is 0.594. The first kappa shape index (κ1) is 24.7. The Morgan fingerprint density at radius 2 is 1.69 bits per heavy atom. The number of hydrogen-bond donors (Lipinski definition) is 1. The Kier molecular flexibility index (Phi) is 8.67. The Balaban J connectivity index is 1.56. The smallest absolute Gasteiger partial charge is 0.253 e. The number of carbonyl (C=O) groups is 2. The van der Waals surface area contributed by atoms with E-state index in [0.29, 0.717) is 44.6 Å². The van der Waals surface area contributed by atoms with Crippen molar-refractivity contribution in [3.05, 3.63) is 29.8 Å². The summed E-state index contributed by atoms with van der Waals surface area (Å²) in [7, 11) is -0.334. The number of carbonyl (C=O) groups excluding carboxylic acids is 2. The summed E-state index contributed by atoms with van der Waals surface area (Å²) in [6.45, 7) is 1.97. The molecular formula is C23H35N3O5S. The third-order valence-electron chi connectivity index (χ3n) is 6.63. The highest BCUT2D eigenvalue weighted by molar-refractivity contribution is 7.89. The van der Waals surface area contributed by atoms with E-state index in [2.05, 4.69) is 5.32 Å². The van der Waals surface area contributed by atoms with Crippen molar-refractivity contribution in [3.8, 4) is 0 Å². The van der Waals surface area contributed by atoms with E-state index in [9.17, 15) is 18.0 Å². The second-order valence-electron chi connectivity index (χ2n) is 8.69. The van der Waals surface area contributed by atoms with Gasteiger partial charge in [-0.1, -0.05) is 19.3 Å². The van der Waals surface area contributed by atoms with Crippen LogP contribution in [0.4, 0.5) is 0 Å². The number of rotatable bonds is 8. The average Bonchev–Trinajstić information content (AvgIpc) is 2.84. The predicted octanol–water partition coefficient (Wildman–Crippen LogP) is 2.25. The number of nitrogens with one attached hydrogen (secondary N) is 1. The molecular weight excluding hydrogens is 430 g/mol. The summed E-state index contributed by atoms with van der Waals surface area (Å²) in [5, 5.41) is 2.85. The number of methoxy groups -OCH3 is 1. The minimum Gasteiger partial charge on any atom is -0.383 e. The van der Waals surface area contributed by atoms with Crippen LogP contribution in [0.3, 0.4) is 0 Å². The molecule has 2 fully saturated rings. The highest BCUT2D eigenvalue weighted by atomic mass is 32.2. The van der Waals surface area contributed by atoms with Crippen molar-refractivity contribution in [3.63, 3.8) is 0 Å². The molecule has 1 aliphatic carbocycles. The fourth-order valence-corrected chi connectivity index (χ4v) is 5.94. The van der Waals surface area contributed by atoms with Crippen LogP contribution in [-0.2, 0) is 19.6 Å². The summed E-state index contributed by atoms with van der Waals surface area (Å²) in [4.78, 5) is 27.0.